The second-order valence-corrected chi connectivity index (χ2v) is 7.88. The number of hydrogen-bond acceptors (Lipinski definition) is 3. The largest absolute Gasteiger partial charge is 0.379 e. The van der Waals surface area contributed by atoms with Gasteiger partial charge in [0, 0.05) is 13.2 Å². The van der Waals surface area contributed by atoms with Gasteiger partial charge >= 0.3 is 0 Å². The molecule has 1 aliphatic heterocycles. The van der Waals surface area contributed by atoms with E-state index < -0.39 is 0 Å². The summed E-state index contributed by atoms with van der Waals surface area (Å²) in [6, 6.07) is 0. The summed E-state index contributed by atoms with van der Waals surface area (Å²) < 4.78 is 16.8. The van der Waals surface area contributed by atoms with Crippen molar-refractivity contribution in [3.8, 4) is 0 Å². The summed E-state index contributed by atoms with van der Waals surface area (Å²) in [7, 11) is 0. The zero-order valence-electron chi connectivity index (χ0n) is 17.7. The molecule has 0 aromatic carbocycles. The Labute approximate surface area is 163 Å². The van der Waals surface area contributed by atoms with E-state index in [0.717, 1.165) is 19.6 Å². The van der Waals surface area contributed by atoms with Crippen LogP contribution in [0.5, 0.6) is 0 Å². The van der Waals surface area contributed by atoms with E-state index in [1.807, 2.05) is 0 Å². The minimum absolute atomic E-state index is 0.0217. The third-order valence-corrected chi connectivity index (χ3v) is 5.31. The highest BCUT2D eigenvalue weighted by atomic mass is 16.7. The lowest BCUT2D eigenvalue weighted by atomic mass is 10.0. The molecular formula is C23H46O3. The van der Waals surface area contributed by atoms with Gasteiger partial charge in [0.05, 0.1) is 13.2 Å². The van der Waals surface area contributed by atoms with Crippen LogP contribution in [0.4, 0.5) is 0 Å². The van der Waals surface area contributed by atoms with Crippen LogP contribution in [0.2, 0.25) is 0 Å². The molecule has 0 saturated carbocycles. The molecule has 1 atom stereocenters. The first kappa shape index (κ1) is 23.9. The van der Waals surface area contributed by atoms with Crippen LogP contribution in [-0.2, 0) is 14.2 Å². The zero-order chi connectivity index (χ0) is 18.5. The molecule has 26 heavy (non-hydrogen) atoms. The highest BCUT2D eigenvalue weighted by Gasteiger charge is 2.13. The summed E-state index contributed by atoms with van der Waals surface area (Å²) in [5.41, 5.74) is 0. The molecule has 0 aliphatic carbocycles. The molecule has 0 N–H and O–H groups in total. The SMILES string of the molecule is CCCCCCCCCCCCCCCCOCCOC1CCCCO1. The Hall–Kier alpha value is -0.120. The van der Waals surface area contributed by atoms with E-state index in [9.17, 15) is 0 Å². The molecule has 1 aliphatic rings. The van der Waals surface area contributed by atoms with Crippen LogP contribution in [0.3, 0.4) is 0 Å². The van der Waals surface area contributed by atoms with Gasteiger partial charge in [-0.25, -0.2) is 0 Å². The van der Waals surface area contributed by atoms with Gasteiger partial charge < -0.3 is 14.2 Å². The minimum atomic E-state index is 0.0217. The van der Waals surface area contributed by atoms with E-state index in [1.54, 1.807) is 0 Å². The molecule has 0 amide bonds. The second-order valence-electron chi connectivity index (χ2n) is 7.88. The van der Waals surface area contributed by atoms with E-state index in [1.165, 1.54) is 103 Å². The molecule has 3 heteroatoms. The van der Waals surface area contributed by atoms with Gasteiger partial charge in [-0.2, -0.15) is 0 Å². The Bertz CT molecular complexity index is 264. The predicted molar refractivity (Wildman–Crippen MR) is 111 cm³/mol. The summed E-state index contributed by atoms with van der Waals surface area (Å²) in [6.07, 6.45) is 23.1. The van der Waals surface area contributed by atoms with Gasteiger partial charge in [-0.05, 0) is 25.7 Å². The van der Waals surface area contributed by atoms with Crippen molar-refractivity contribution in [1.29, 1.82) is 0 Å². The summed E-state index contributed by atoms with van der Waals surface area (Å²) in [4.78, 5) is 0. The minimum Gasteiger partial charge on any atom is -0.379 e. The lowest BCUT2D eigenvalue weighted by Gasteiger charge is -2.22. The average Bonchev–Trinajstić information content (AvgIpc) is 2.68. The molecule has 156 valence electrons. The van der Waals surface area contributed by atoms with Gasteiger partial charge in [0.2, 0.25) is 0 Å². The van der Waals surface area contributed by atoms with Gasteiger partial charge in [-0.1, -0.05) is 90.4 Å². The monoisotopic (exact) mass is 370 g/mol. The summed E-state index contributed by atoms with van der Waals surface area (Å²) in [5, 5.41) is 0. The van der Waals surface area contributed by atoms with Gasteiger partial charge in [-0.3, -0.25) is 0 Å². The molecule has 3 nitrogen and oxygen atoms in total. The van der Waals surface area contributed by atoms with Gasteiger partial charge in [0.15, 0.2) is 6.29 Å². The highest BCUT2D eigenvalue weighted by molar-refractivity contribution is 4.54. The van der Waals surface area contributed by atoms with Crippen LogP contribution in [0.15, 0.2) is 0 Å². The lowest BCUT2D eigenvalue weighted by molar-refractivity contribution is -0.169. The quantitative estimate of drug-likeness (QED) is 0.228. The van der Waals surface area contributed by atoms with Crippen LogP contribution < -0.4 is 0 Å². The summed E-state index contributed by atoms with van der Waals surface area (Å²) >= 11 is 0. The molecule has 1 fully saturated rings. The number of ether oxygens (including phenoxy) is 3. The summed E-state index contributed by atoms with van der Waals surface area (Å²) in [5.74, 6) is 0. The molecule has 0 spiro atoms. The Morgan fingerprint density at radius 3 is 1.77 bits per heavy atom. The Morgan fingerprint density at radius 1 is 0.654 bits per heavy atom. The third kappa shape index (κ3) is 16.1. The fourth-order valence-electron chi connectivity index (χ4n) is 3.58. The first-order valence-electron chi connectivity index (χ1n) is 11.7. The van der Waals surface area contributed by atoms with Crippen LogP contribution in [0.1, 0.15) is 116 Å². The molecule has 1 rings (SSSR count). The van der Waals surface area contributed by atoms with Gasteiger partial charge in [-0.15, -0.1) is 0 Å². The molecule has 0 aromatic rings. The molecule has 0 aromatic heterocycles. The number of unbranched alkanes of at least 4 members (excludes halogenated alkanes) is 13. The second kappa shape index (κ2) is 19.6. The van der Waals surface area contributed by atoms with E-state index >= 15 is 0 Å². The molecule has 1 unspecified atom stereocenters. The third-order valence-electron chi connectivity index (χ3n) is 5.31. The first-order valence-corrected chi connectivity index (χ1v) is 11.7. The van der Waals surface area contributed by atoms with Crippen molar-refractivity contribution in [2.24, 2.45) is 0 Å². The van der Waals surface area contributed by atoms with Crippen LogP contribution in [0, 0.1) is 0 Å². The van der Waals surface area contributed by atoms with E-state index in [-0.39, 0.29) is 6.29 Å². The molecule has 0 bridgehead atoms. The Balaban J connectivity index is 1.65. The maximum absolute atomic E-state index is 5.66. The van der Waals surface area contributed by atoms with Crippen molar-refractivity contribution < 1.29 is 14.2 Å². The Kier molecular flexibility index (Phi) is 18.1. The smallest absolute Gasteiger partial charge is 0.157 e. The predicted octanol–water partition coefficient (Wildman–Crippen LogP) is 7.03. The van der Waals surface area contributed by atoms with Crippen molar-refractivity contribution in [2.75, 3.05) is 26.4 Å². The first-order chi connectivity index (χ1) is 12.9. The zero-order valence-corrected chi connectivity index (χ0v) is 17.7. The molecular weight excluding hydrogens is 324 g/mol. The van der Waals surface area contributed by atoms with Crippen molar-refractivity contribution in [1.82, 2.24) is 0 Å². The highest BCUT2D eigenvalue weighted by Crippen LogP contribution is 2.14. The fraction of sp³-hybridized carbons (Fsp3) is 1.00. The lowest BCUT2D eigenvalue weighted by Crippen LogP contribution is -2.24. The standard InChI is InChI=1S/C23H46O3/c1-2-3-4-5-6-7-8-9-10-11-12-13-14-16-19-24-21-22-26-23-18-15-17-20-25-23/h23H,2-22H2,1H3. The molecule has 0 radical (unpaired) electrons. The topological polar surface area (TPSA) is 27.7 Å². The van der Waals surface area contributed by atoms with Crippen molar-refractivity contribution in [2.45, 2.75) is 122 Å². The van der Waals surface area contributed by atoms with Crippen molar-refractivity contribution in [3.63, 3.8) is 0 Å². The maximum Gasteiger partial charge on any atom is 0.157 e. The molecule has 1 heterocycles. The number of rotatable bonds is 19. The molecule has 1 saturated heterocycles. The van der Waals surface area contributed by atoms with Crippen LogP contribution in [-0.4, -0.2) is 32.7 Å². The van der Waals surface area contributed by atoms with E-state index in [4.69, 9.17) is 14.2 Å². The Morgan fingerprint density at radius 2 is 1.23 bits per heavy atom. The fourth-order valence-corrected chi connectivity index (χ4v) is 3.58. The maximum atomic E-state index is 5.66. The van der Waals surface area contributed by atoms with Gasteiger partial charge in [0.25, 0.3) is 0 Å². The normalized spacial score (nSPS) is 17.7. The summed E-state index contributed by atoms with van der Waals surface area (Å²) in [6.45, 7) is 5.40. The van der Waals surface area contributed by atoms with Crippen LogP contribution >= 0.6 is 0 Å². The number of hydrogen-bond donors (Lipinski definition) is 0. The average molecular weight is 371 g/mol. The van der Waals surface area contributed by atoms with Gasteiger partial charge in [0.1, 0.15) is 0 Å². The van der Waals surface area contributed by atoms with Crippen molar-refractivity contribution >= 4 is 0 Å². The van der Waals surface area contributed by atoms with E-state index in [0.29, 0.717) is 13.2 Å². The van der Waals surface area contributed by atoms with E-state index in [2.05, 4.69) is 6.92 Å². The van der Waals surface area contributed by atoms with Crippen molar-refractivity contribution in [3.05, 3.63) is 0 Å². The van der Waals surface area contributed by atoms with Crippen LogP contribution in [0.25, 0.3) is 0 Å².